The molecule has 3 saturated carbocycles. The molecule has 1 aromatic heterocycles. The fourth-order valence-electron chi connectivity index (χ4n) is 4.90. The van der Waals surface area contributed by atoms with Gasteiger partial charge in [0.1, 0.15) is 0 Å². The van der Waals surface area contributed by atoms with Crippen LogP contribution in [-0.4, -0.2) is 47.8 Å². The molecule has 3 fully saturated rings. The maximum atomic E-state index is 5.74. The molecule has 1 N–H and O–H groups in total. The van der Waals surface area contributed by atoms with Crippen LogP contribution in [0.25, 0.3) is 0 Å². The Labute approximate surface area is 167 Å². The summed E-state index contributed by atoms with van der Waals surface area (Å²) in [5.74, 6) is 2.95. The fourth-order valence-corrected chi connectivity index (χ4v) is 4.90. The van der Waals surface area contributed by atoms with Crippen molar-refractivity contribution in [3.05, 3.63) is 47.6 Å². The molecule has 3 aliphatic rings. The molecule has 28 heavy (non-hydrogen) atoms. The zero-order valence-corrected chi connectivity index (χ0v) is 17.1. The minimum atomic E-state index is 0.117. The third-order valence-corrected chi connectivity index (χ3v) is 7.27. The van der Waals surface area contributed by atoms with Crippen LogP contribution in [0.2, 0.25) is 0 Å². The first kappa shape index (κ1) is 18.3. The maximum Gasteiger partial charge on any atom is 0.229 e. The van der Waals surface area contributed by atoms with Gasteiger partial charge in [0.25, 0.3) is 0 Å². The molecular formula is C23H32N4O. The second-order valence-corrected chi connectivity index (χ2v) is 9.45. The molecule has 5 rings (SSSR count). The van der Waals surface area contributed by atoms with Crippen LogP contribution in [-0.2, 0) is 5.41 Å². The standard InChI is InChI=1S/C23H32N4O/c1-27(2)18-10-8-17(9-11-18)21-25-22(26-28-21)23(12-13-23)15-24-20-14-19(20)16-6-4-3-5-7-16/h3-7,17-20,24H,8-15H2,1-2H3/t17-,18-,19-,20+/m1/s1. The van der Waals surface area contributed by atoms with E-state index < -0.39 is 0 Å². The van der Waals surface area contributed by atoms with Crippen molar-refractivity contribution in [1.82, 2.24) is 20.4 Å². The van der Waals surface area contributed by atoms with Crippen LogP contribution in [0.3, 0.4) is 0 Å². The molecule has 0 amide bonds. The predicted molar refractivity (Wildman–Crippen MR) is 109 cm³/mol. The van der Waals surface area contributed by atoms with Crippen LogP contribution in [0.4, 0.5) is 0 Å². The van der Waals surface area contributed by atoms with Crippen LogP contribution < -0.4 is 5.32 Å². The molecule has 2 aromatic rings. The average Bonchev–Trinajstić information content (AvgIpc) is 3.64. The topological polar surface area (TPSA) is 54.2 Å². The summed E-state index contributed by atoms with van der Waals surface area (Å²) in [5, 5.41) is 8.21. The van der Waals surface area contributed by atoms with E-state index in [1.807, 2.05) is 0 Å². The molecule has 150 valence electrons. The van der Waals surface area contributed by atoms with Crippen molar-refractivity contribution < 1.29 is 4.52 Å². The summed E-state index contributed by atoms with van der Waals surface area (Å²) in [6.45, 7) is 0.980. The summed E-state index contributed by atoms with van der Waals surface area (Å²) in [4.78, 5) is 7.23. The van der Waals surface area contributed by atoms with Gasteiger partial charge in [-0.1, -0.05) is 35.5 Å². The van der Waals surface area contributed by atoms with E-state index in [0.717, 1.165) is 31.1 Å². The Kier molecular flexibility index (Phi) is 4.76. The number of rotatable bonds is 7. The highest BCUT2D eigenvalue weighted by atomic mass is 16.5. The van der Waals surface area contributed by atoms with Crippen LogP contribution in [0.5, 0.6) is 0 Å². The minimum absolute atomic E-state index is 0.117. The van der Waals surface area contributed by atoms with Gasteiger partial charge in [-0.25, -0.2) is 0 Å². The van der Waals surface area contributed by atoms with E-state index in [0.29, 0.717) is 23.9 Å². The van der Waals surface area contributed by atoms with Gasteiger partial charge in [-0.3, -0.25) is 0 Å². The molecule has 1 heterocycles. The van der Waals surface area contributed by atoms with Gasteiger partial charge in [0.2, 0.25) is 5.89 Å². The third-order valence-electron chi connectivity index (χ3n) is 7.27. The number of aromatic nitrogens is 2. The molecule has 2 atom stereocenters. The van der Waals surface area contributed by atoms with Gasteiger partial charge in [0.15, 0.2) is 5.82 Å². The number of benzene rings is 1. The van der Waals surface area contributed by atoms with Crippen molar-refractivity contribution in [2.75, 3.05) is 20.6 Å². The molecule has 0 aliphatic heterocycles. The highest BCUT2D eigenvalue weighted by Crippen LogP contribution is 2.48. The predicted octanol–water partition coefficient (Wildman–Crippen LogP) is 3.83. The minimum Gasteiger partial charge on any atom is -0.339 e. The number of nitrogens with zero attached hydrogens (tertiary/aromatic N) is 3. The van der Waals surface area contributed by atoms with E-state index in [4.69, 9.17) is 9.51 Å². The lowest BCUT2D eigenvalue weighted by Gasteiger charge is -2.31. The molecular weight excluding hydrogens is 348 g/mol. The van der Waals surface area contributed by atoms with Crippen LogP contribution >= 0.6 is 0 Å². The van der Waals surface area contributed by atoms with Gasteiger partial charge < -0.3 is 14.7 Å². The Morgan fingerprint density at radius 1 is 1.11 bits per heavy atom. The largest absolute Gasteiger partial charge is 0.339 e. The Balaban J connectivity index is 1.16. The summed E-state index contributed by atoms with van der Waals surface area (Å²) in [6.07, 6.45) is 8.37. The van der Waals surface area contributed by atoms with Gasteiger partial charge in [0.05, 0.1) is 0 Å². The van der Waals surface area contributed by atoms with Crippen molar-refractivity contribution in [3.8, 4) is 0 Å². The van der Waals surface area contributed by atoms with E-state index in [9.17, 15) is 0 Å². The lowest BCUT2D eigenvalue weighted by Crippen LogP contribution is -2.31. The zero-order chi connectivity index (χ0) is 19.1. The van der Waals surface area contributed by atoms with Crippen LogP contribution in [0, 0.1) is 0 Å². The summed E-state index contributed by atoms with van der Waals surface area (Å²) in [7, 11) is 4.36. The molecule has 0 saturated heterocycles. The molecule has 5 nitrogen and oxygen atoms in total. The second-order valence-electron chi connectivity index (χ2n) is 9.45. The number of hydrogen-bond donors (Lipinski definition) is 1. The van der Waals surface area contributed by atoms with Gasteiger partial charge in [-0.2, -0.15) is 4.98 Å². The smallest absolute Gasteiger partial charge is 0.229 e. The molecule has 3 aliphatic carbocycles. The zero-order valence-electron chi connectivity index (χ0n) is 17.1. The molecule has 0 bridgehead atoms. The lowest BCUT2D eigenvalue weighted by atomic mass is 9.85. The van der Waals surface area contributed by atoms with Gasteiger partial charge in [-0.05, 0) is 64.6 Å². The van der Waals surface area contributed by atoms with Crippen molar-refractivity contribution in [2.45, 2.75) is 74.3 Å². The van der Waals surface area contributed by atoms with Crippen molar-refractivity contribution >= 4 is 0 Å². The lowest BCUT2D eigenvalue weighted by molar-refractivity contribution is 0.201. The monoisotopic (exact) mass is 380 g/mol. The quantitative estimate of drug-likeness (QED) is 0.791. The first-order chi connectivity index (χ1) is 13.6. The molecule has 0 radical (unpaired) electrons. The molecule has 1 aromatic carbocycles. The first-order valence-corrected chi connectivity index (χ1v) is 10.9. The van der Waals surface area contributed by atoms with Crippen LogP contribution in [0.15, 0.2) is 34.9 Å². The van der Waals surface area contributed by atoms with E-state index >= 15 is 0 Å². The Morgan fingerprint density at radius 3 is 2.54 bits per heavy atom. The van der Waals surface area contributed by atoms with Crippen molar-refractivity contribution in [2.24, 2.45) is 0 Å². The Bertz CT molecular complexity index is 790. The SMILES string of the molecule is CN(C)[C@H]1CC[C@H](c2nc(C3(CN[C@H]4C[C@@H]4c4ccccc4)CC3)no2)CC1. The van der Waals surface area contributed by atoms with E-state index in [-0.39, 0.29) is 5.41 Å². The van der Waals surface area contributed by atoms with E-state index in [1.165, 1.54) is 37.7 Å². The highest BCUT2D eigenvalue weighted by Gasteiger charge is 2.50. The van der Waals surface area contributed by atoms with E-state index in [1.54, 1.807) is 0 Å². The van der Waals surface area contributed by atoms with Gasteiger partial charge >= 0.3 is 0 Å². The highest BCUT2D eigenvalue weighted by molar-refractivity contribution is 5.28. The van der Waals surface area contributed by atoms with Gasteiger partial charge in [0, 0.05) is 35.9 Å². The molecule has 5 heteroatoms. The first-order valence-electron chi connectivity index (χ1n) is 10.9. The summed E-state index contributed by atoms with van der Waals surface area (Å²) in [5.41, 5.74) is 1.58. The Hall–Kier alpha value is -1.72. The van der Waals surface area contributed by atoms with E-state index in [2.05, 4.69) is 59.8 Å². The summed E-state index contributed by atoms with van der Waals surface area (Å²) in [6, 6.07) is 12.2. The van der Waals surface area contributed by atoms with Crippen molar-refractivity contribution in [3.63, 3.8) is 0 Å². The summed E-state index contributed by atoms with van der Waals surface area (Å²) >= 11 is 0. The maximum absolute atomic E-state index is 5.74. The molecule has 0 unspecified atom stereocenters. The average molecular weight is 381 g/mol. The number of nitrogens with one attached hydrogen (secondary N) is 1. The molecule has 0 spiro atoms. The fraction of sp³-hybridized carbons (Fsp3) is 0.652. The Morgan fingerprint density at radius 2 is 1.86 bits per heavy atom. The number of hydrogen-bond acceptors (Lipinski definition) is 5. The third kappa shape index (κ3) is 3.62. The van der Waals surface area contributed by atoms with Crippen molar-refractivity contribution in [1.29, 1.82) is 0 Å². The van der Waals surface area contributed by atoms with Gasteiger partial charge in [-0.15, -0.1) is 0 Å². The summed E-state index contributed by atoms with van der Waals surface area (Å²) < 4.78 is 5.74. The second kappa shape index (κ2) is 7.27. The normalized spacial score (nSPS) is 31.1. The van der Waals surface area contributed by atoms with Crippen LogP contribution in [0.1, 0.15) is 74.1 Å².